The molecular formula is C28H25K3N10O8S4. The summed E-state index contributed by atoms with van der Waals surface area (Å²) in [5.74, 6) is -1.32. The van der Waals surface area contributed by atoms with Crippen LogP contribution in [0.3, 0.4) is 0 Å². The Kier molecular flexibility index (Phi) is 21.0. The van der Waals surface area contributed by atoms with Gasteiger partial charge in [0, 0.05) is 45.1 Å². The zero-order chi connectivity index (χ0) is 35.7. The average Bonchev–Trinajstić information content (AvgIpc) is 3.79. The fraction of sp³-hybridized carbons (Fsp3) is 0. The second-order valence-electron chi connectivity index (χ2n) is 9.47. The standard InChI is InChI=1S/2C14H11N5O4S2.3K.3H/c2*20-14(12-6-1-2-7-13(12)25(21,22)23)17-10-4-3-5-11(8-10)24-19-16-9-15-18-19;;;;;;/h2*1-9H,(H,17,20)(H,21,22,23);;;;;;. The van der Waals surface area contributed by atoms with Gasteiger partial charge in [-0.2, -0.15) is 16.8 Å². The van der Waals surface area contributed by atoms with Crippen LogP contribution in [0.4, 0.5) is 11.4 Å². The number of nitrogens with zero attached hydrogens (tertiary/aromatic N) is 8. The number of aromatic nitrogens is 8. The molecule has 0 unspecified atom stereocenters. The van der Waals surface area contributed by atoms with Gasteiger partial charge < -0.3 is 10.6 Å². The molecule has 0 saturated carbocycles. The van der Waals surface area contributed by atoms with Crippen molar-refractivity contribution >= 4 is 221 Å². The Morgan fingerprint density at radius 3 is 1.28 bits per heavy atom. The number of hydrogen-bond acceptors (Lipinski definition) is 14. The maximum absolute atomic E-state index is 12.4. The van der Waals surface area contributed by atoms with Crippen LogP contribution in [-0.2, 0) is 20.2 Å². The summed E-state index contributed by atoms with van der Waals surface area (Å²) in [6, 6.07) is 24.4. The molecule has 0 spiro atoms. The van der Waals surface area contributed by atoms with Crippen molar-refractivity contribution in [3.63, 3.8) is 0 Å². The second kappa shape index (κ2) is 23.0. The third kappa shape index (κ3) is 15.0. The molecule has 2 aromatic heterocycles. The molecule has 4 aromatic carbocycles. The van der Waals surface area contributed by atoms with Crippen molar-refractivity contribution in [3.8, 4) is 0 Å². The van der Waals surface area contributed by atoms with Crippen molar-refractivity contribution in [2.24, 2.45) is 0 Å². The molecular weight excluding hydrogens is 850 g/mol. The molecule has 25 heteroatoms. The van der Waals surface area contributed by atoms with E-state index in [1.807, 2.05) is 0 Å². The molecule has 53 heavy (non-hydrogen) atoms. The van der Waals surface area contributed by atoms with Gasteiger partial charge in [0.05, 0.1) is 11.1 Å². The van der Waals surface area contributed by atoms with Crippen LogP contribution in [0.1, 0.15) is 20.7 Å². The number of tetrazole rings is 2. The van der Waals surface area contributed by atoms with Crippen molar-refractivity contribution in [1.29, 1.82) is 0 Å². The van der Waals surface area contributed by atoms with E-state index >= 15 is 0 Å². The number of carbonyl (C=O) groups excluding carboxylic acids is 2. The number of carbonyl (C=O) groups is 2. The minimum atomic E-state index is -4.50. The Morgan fingerprint density at radius 2 is 0.943 bits per heavy atom. The summed E-state index contributed by atoms with van der Waals surface area (Å²) in [7, 11) is -9.01. The van der Waals surface area contributed by atoms with E-state index in [2.05, 4.69) is 41.5 Å². The first-order valence-electron chi connectivity index (χ1n) is 13.7. The predicted octanol–water partition coefficient (Wildman–Crippen LogP) is 1.51. The van der Waals surface area contributed by atoms with Crippen molar-refractivity contribution in [3.05, 3.63) is 121 Å². The summed E-state index contributed by atoms with van der Waals surface area (Å²) in [5, 5.41) is 27.6. The molecule has 0 radical (unpaired) electrons. The molecule has 262 valence electrons. The van der Waals surface area contributed by atoms with Gasteiger partial charge in [-0.05, 0) is 71.1 Å². The maximum atomic E-state index is 12.4. The van der Waals surface area contributed by atoms with Gasteiger partial charge in [-0.3, -0.25) is 18.7 Å². The van der Waals surface area contributed by atoms with Gasteiger partial charge >= 0.3 is 154 Å². The Hall–Kier alpha value is -0.611. The van der Waals surface area contributed by atoms with Crippen LogP contribution in [0.25, 0.3) is 0 Å². The number of hydrogen-bond donors (Lipinski definition) is 4. The van der Waals surface area contributed by atoms with Gasteiger partial charge in [-0.25, -0.2) is 0 Å². The summed E-state index contributed by atoms with van der Waals surface area (Å²) in [5.41, 5.74) is 0.586. The predicted molar refractivity (Wildman–Crippen MR) is 201 cm³/mol. The molecule has 6 aromatic rings. The average molecular weight is 875 g/mol. The molecule has 18 nitrogen and oxygen atoms in total. The van der Waals surface area contributed by atoms with Gasteiger partial charge in [0.2, 0.25) is 0 Å². The van der Waals surface area contributed by atoms with Crippen LogP contribution in [0.2, 0.25) is 0 Å². The third-order valence-electron chi connectivity index (χ3n) is 6.04. The SMILES string of the molecule is O=C(Nc1cccc(Sn2ncnn2)c1)c1ccccc1S(=O)(=O)O.O=C(Nc1cccc(Sn2ncnn2)c1)c1ccccc1S(=O)(=O)O.[KH].[KH].[KH]. The number of amides is 2. The van der Waals surface area contributed by atoms with Crippen LogP contribution in [0.5, 0.6) is 0 Å². The Balaban J connectivity index is 0.000000347. The van der Waals surface area contributed by atoms with Gasteiger partial charge in [-0.1, -0.05) is 44.8 Å². The zero-order valence-electron chi connectivity index (χ0n) is 24.9. The molecule has 0 bridgehead atoms. The quantitative estimate of drug-likeness (QED) is 0.112. The number of anilines is 2. The van der Waals surface area contributed by atoms with Crippen LogP contribution >= 0.6 is 23.9 Å². The summed E-state index contributed by atoms with van der Waals surface area (Å²) in [4.78, 5) is 25.3. The topological polar surface area (TPSA) is 254 Å². The fourth-order valence-corrected chi connectivity index (χ4v) is 6.73. The number of nitrogens with one attached hydrogen (secondary N) is 2. The number of rotatable bonds is 10. The summed E-state index contributed by atoms with van der Waals surface area (Å²) < 4.78 is 66.6. The summed E-state index contributed by atoms with van der Waals surface area (Å²) >= 11 is 2.37. The van der Waals surface area contributed by atoms with Crippen LogP contribution < -0.4 is 10.6 Å². The van der Waals surface area contributed by atoms with Gasteiger partial charge in [-0.15, -0.1) is 20.4 Å². The molecule has 0 fully saturated rings. The van der Waals surface area contributed by atoms with Crippen LogP contribution in [-0.4, -0.2) is 231 Å². The van der Waals surface area contributed by atoms with E-state index in [9.17, 15) is 35.5 Å². The second-order valence-corrected chi connectivity index (χ2v) is 14.2. The van der Waals surface area contributed by atoms with Crippen LogP contribution in [0.15, 0.2) is 129 Å². The molecule has 2 heterocycles. The molecule has 6 rings (SSSR count). The minimum absolute atomic E-state index is 0. The Morgan fingerprint density at radius 1 is 0.566 bits per heavy atom. The molecule has 0 saturated heterocycles. The molecule has 4 N–H and O–H groups in total. The first-order chi connectivity index (χ1) is 23.9. The van der Waals surface area contributed by atoms with Crippen molar-refractivity contribution in [2.45, 2.75) is 19.6 Å². The van der Waals surface area contributed by atoms with Gasteiger partial charge in [0.15, 0.2) is 12.7 Å². The number of benzene rings is 4. The monoisotopic (exact) mass is 874 g/mol. The van der Waals surface area contributed by atoms with Crippen molar-refractivity contribution in [1.82, 2.24) is 39.2 Å². The Bertz CT molecular complexity index is 2190. The van der Waals surface area contributed by atoms with E-state index in [4.69, 9.17) is 0 Å². The summed E-state index contributed by atoms with van der Waals surface area (Å²) in [6.07, 6.45) is 2.59. The van der Waals surface area contributed by atoms with E-state index in [1.54, 1.807) is 48.5 Å². The van der Waals surface area contributed by atoms with Gasteiger partial charge in [0.1, 0.15) is 9.79 Å². The zero-order valence-corrected chi connectivity index (χ0v) is 28.2. The first-order valence-corrected chi connectivity index (χ1v) is 18.1. The van der Waals surface area contributed by atoms with E-state index in [0.717, 1.165) is 21.9 Å². The van der Waals surface area contributed by atoms with Crippen LogP contribution in [0, 0.1) is 0 Å². The molecule has 0 atom stereocenters. The van der Waals surface area contributed by atoms with E-state index in [1.165, 1.54) is 81.4 Å². The first kappa shape index (κ1) is 48.5. The molecule has 0 aliphatic heterocycles. The van der Waals surface area contributed by atoms with Gasteiger partial charge in [0.25, 0.3) is 32.1 Å². The fourth-order valence-electron chi connectivity index (χ4n) is 4.00. The molecule has 0 aliphatic rings. The van der Waals surface area contributed by atoms with Crippen molar-refractivity contribution in [2.75, 3.05) is 10.6 Å². The van der Waals surface area contributed by atoms with E-state index < -0.39 is 41.8 Å². The van der Waals surface area contributed by atoms with E-state index in [-0.39, 0.29) is 165 Å². The third-order valence-corrected chi connectivity index (χ3v) is 9.45. The molecule has 0 aliphatic carbocycles. The van der Waals surface area contributed by atoms with Crippen molar-refractivity contribution < 1.29 is 35.5 Å². The van der Waals surface area contributed by atoms with E-state index in [0.29, 0.717) is 11.4 Å². The summed E-state index contributed by atoms with van der Waals surface area (Å²) in [6.45, 7) is 0. The Labute approximate surface area is 438 Å². The molecule has 2 amide bonds. The normalized spacial score (nSPS) is 10.6.